The lowest BCUT2D eigenvalue weighted by atomic mass is 10.0. The molecule has 2 aromatic rings. The molecule has 0 aliphatic heterocycles. The van der Waals surface area contributed by atoms with Crippen LogP contribution in [0.3, 0.4) is 0 Å². The van der Waals surface area contributed by atoms with Gasteiger partial charge in [0.25, 0.3) is 5.91 Å². The van der Waals surface area contributed by atoms with Crippen LogP contribution in [-0.4, -0.2) is 10.9 Å². The summed E-state index contributed by atoms with van der Waals surface area (Å²) >= 11 is 0. The van der Waals surface area contributed by atoms with Gasteiger partial charge in [-0.2, -0.15) is 0 Å². The lowest BCUT2D eigenvalue weighted by molar-refractivity contribution is 0.102. The topological polar surface area (TPSA) is 42.0 Å². The van der Waals surface area contributed by atoms with Gasteiger partial charge in [-0.3, -0.25) is 4.79 Å². The number of nitrogens with zero attached hydrogens (tertiary/aromatic N) is 1. The highest BCUT2D eigenvalue weighted by atomic mass is 16.1. The van der Waals surface area contributed by atoms with Gasteiger partial charge in [-0.15, -0.1) is 0 Å². The van der Waals surface area contributed by atoms with E-state index in [2.05, 4.69) is 23.8 Å². The highest BCUT2D eigenvalue weighted by Crippen LogP contribution is 2.19. The van der Waals surface area contributed by atoms with E-state index in [4.69, 9.17) is 0 Å². The Kier molecular flexibility index (Phi) is 5.04. The van der Waals surface area contributed by atoms with Gasteiger partial charge in [-0.25, -0.2) is 4.98 Å². The van der Waals surface area contributed by atoms with Crippen molar-refractivity contribution in [2.45, 2.75) is 13.3 Å². The van der Waals surface area contributed by atoms with Gasteiger partial charge in [0.2, 0.25) is 0 Å². The second-order valence-corrected chi connectivity index (χ2v) is 4.53. The smallest absolute Gasteiger partial charge is 0.256 e. The lowest BCUT2D eigenvalue weighted by Crippen LogP contribution is -2.12. The van der Waals surface area contributed by atoms with Crippen LogP contribution in [0.1, 0.15) is 29.3 Å². The van der Waals surface area contributed by atoms with Crippen molar-refractivity contribution in [3.05, 3.63) is 78.5 Å². The summed E-state index contributed by atoms with van der Waals surface area (Å²) in [5.41, 5.74) is 2.91. The average Bonchev–Trinajstić information content (AvgIpc) is 2.54. The molecule has 0 atom stereocenters. The summed E-state index contributed by atoms with van der Waals surface area (Å²) in [6.45, 7) is 5.81. The molecule has 0 radical (unpaired) electrons. The van der Waals surface area contributed by atoms with Crippen molar-refractivity contribution in [2.24, 2.45) is 0 Å². The number of nitrogens with one attached hydrogen (secondary N) is 1. The molecule has 1 heterocycles. The van der Waals surface area contributed by atoms with Crippen LogP contribution in [0.5, 0.6) is 0 Å². The fraction of sp³-hybridized carbons (Fsp3) is 0.111. The Balaban J connectivity index is 2.13. The Morgan fingerprint density at radius 1 is 1.19 bits per heavy atom. The molecule has 3 heteroatoms. The van der Waals surface area contributed by atoms with Crippen molar-refractivity contribution in [3.63, 3.8) is 0 Å². The van der Waals surface area contributed by atoms with Crippen LogP contribution < -0.4 is 5.32 Å². The SMILES string of the molecule is C=C/C=C(\CC)c1ccc(C(=O)Nc2ccccn2)cc1. The van der Waals surface area contributed by atoms with Crippen molar-refractivity contribution >= 4 is 17.3 Å². The average molecular weight is 278 g/mol. The van der Waals surface area contributed by atoms with E-state index < -0.39 is 0 Å². The number of carbonyl (C=O) groups is 1. The van der Waals surface area contributed by atoms with Gasteiger partial charge in [0.05, 0.1) is 0 Å². The van der Waals surface area contributed by atoms with Crippen molar-refractivity contribution < 1.29 is 4.79 Å². The van der Waals surface area contributed by atoms with Crippen LogP contribution in [0.15, 0.2) is 67.4 Å². The van der Waals surface area contributed by atoms with Crippen LogP contribution in [0, 0.1) is 0 Å². The fourth-order valence-corrected chi connectivity index (χ4v) is 2.02. The third-order valence-corrected chi connectivity index (χ3v) is 3.12. The minimum absolute atomic E-state index is 0.161. The first-order valence-corrected chi connectivity index (χ1v) is 6.89. The zero-order valence-electron chi connectivity index (χ0n) is 12.0. The molecule has 0 aliphatic carbocycles. The van der Waals surface area contributed by atoms with Crippen LogP contribution in [0.4, 0.5) is 5.82 Å². The maximum atomic E-state index is 12.1. The molecule has 0 fully saturated rings. The predicted molar refractivity (Wildman–Crippen MR) is 87.1 cm³/mol. The largest absolute Gasteiger partial charge is 0.307 e. The first kappa shape index (κ1) is 14.7. The summed E-state index contributed by atoms with van der Waals surface area (Å²) in [5, 5.41) is 2.77. The molecule has 0 aliphatic rings. The van der Waals surface area contributed by atoms with Crippen molar-refractivity contribution in [1.82, 2.24) is 4.98 Å². The Bertz CT molecular complexity index is 643. The van der Waals surface area contributed by atoms with Gasteiger partial charge in [-0.1, -0.05) is 43.9 Å². The van der Waals surface area contributed by atoms with Crippen LogP contribution in [0.25, 0.3) is 5.57 Å². The lowest BCUT2D eigenvalue weighted by Gasteiger charge is -2.07. The zero-order valence-corrected chi connectivity index (χ0v) is 12.0. The van der Waals surface area contributed by atoms with Gasteiger partial charge in [0.15, 0.2) is 0 Å². The Labute approximate surface area is 125 Å². The van der Waals surface area contributed by atoms with E-state index in [-0.39, 0.29) is 5.91 Å². The van der Waals surface area contributed by atoms with Crippen molar-refractivity contribution in [3.8, 4) is 0 Å². The number of rotatable bonds is 5. The van der Waals surface area contributed by atoms with Crippen LogP contribution >= 0.6 is 0 Å². The summed E-state index contributed by atoms with van der Waals surface area (Å²) in [5.74, 6) is 0.387. The number of benzene rings is 1. The molecule has 1 amide bonds. The normalized spacial score (nSPS) is 11.0. The summed E-state index contributed by atoms with van der Waals surface area (Å²) in [6, 6.07) is 12.9. The monoisotopic (exact) mass is 278 g/mol. The van der Waals surface area contributed by atoms with Gasteiger partial charge in [0.1, 0.15) is 5.82 Å². The van der Waals surface area contributed by atoms with Gasteiger partial charge in [0, 0.05) is 11.8 Å². The molecular weight excluding hydrogens is 260 g/mol. The van der Waals surface area contributed by atoms with E-state index in [1.54, 1.807) is 18.3 Å². The minimum Gasteiger partial charge on any atom is -0.307 e. The minimum atomic E-state index is -0.161. The van der Waals surface area contributed by atoms with E-state index >= 15 is 0 Å². The molecule has 21 heavy (non-hydrogen) atoms. The summed E-state index contributed by atoms with van der Waals surface area (Å²) in [4.78, 5) is 16.2. The molecule has 1 aromatic carbocycles. The Morgan fingerprint density at radius 2 is 1.90 bits per heavy atom. The van der Waals surface area contributed by atoms with E-state index in [0.717, 1.165) is 12.0 Å². The number of allylic oxidation sites excluding steroid dienone is 3. The maximum Gasteiger partial charge on any atom is 0.256 e. The van der Waals surface area contributed by atoms with E-state index in [1.807, 2.05) is 42.5 Å². The molecule has 3 nitrogen and oxygen atoms in total. The standard InChI is InChI=1S/C18H18N2O/c1-3-7-14(4-2)15-9-11-16(12-10-15)18(21)20-17-8-5-6-13-19-17/h3,5-13H,1,4H2,2H3,(H,19,20,21)/b14-7+. The molecular formula is C18H18N2O. The molecule has 1 N–H and O–H groups in total. The number of amides is 1. The third-order valence-electron chi connectivity index (χ3n) is 3.12. The van der Waals surface area contributed by atoms with Crippen molar-refractivity contribution in [2.75, 3.05) is 5.32 Å². The van der Waals surface area contributed by atoms with E-state index in [0.29, 0.717) is 11.4 Å². The summed E-state index contributed by atoms with van der Waals surface area (Å²) in [7, 11) is 0. The molecule has 0 unspecified atom stereocenters. The molecule has 0 spiro atoms. The number of hydrogen-bond donors (Lipinski definition) is 1. The Hall–Kier alpha value is -2.68. The number of pyridine rings is 1. The fourth-order valence-electron chi connectivity index (χ4n) is 2.02. The third kappa shape index (κ3) is 3.89. The summed E-state index contributed by atoms with van der Waals surface area (Å²) < 4.78 is 0. The second kappa shape index (κ2) is 7.20. The molecule has 0 saturated heterocycles. The molecule has 0 saturated carbocycles. The quantitative estimate of drug-likeness (QED) is 0.828. The summed E-state index contributed by atoms with van der Waals surface area (Å²) in [6.07, 6.45) is 6.33. The second-order valence-electron chi connectivity index (χ2n) is 4.53. The zero-order chi connectivity index (χ0) is 15.1. The van der Waals surface area contributed by atoms with Gasteiger partial charge >= 0.3 is 0 Å². The highest BCUT2D eigenvalue weighted by Gasteiger charge is 2.07. The number of hydrogen-bond acceptors (Lipinski definition) is 2. The van der Waals surface area contributed by atoms with Gasteiger partial charge in [-0.05, 0) is 41.8 Å². The van der Waals surface area contributed by atoms with Gasteiger partial charge < -0.3 is 5.32 Å². The van der Waals surface area contributed by atoms with E-state index in [1.165, 1.54) is 5.57 Å². The molecule has 0 bridgehead atoms. The molecule has 1 aromatic heterocycles. The van der Waals surface area contributed by atoms with Crippen molar-refractivity contribution in [1.29, 1.82) is 0 Å². The Morgan fingerprint density at radius 3 is 2.48 bits per heavy atom. The maximum absolute atomic E-state index is 12.1. The molecule has 106 valence electrons. The molecule has 2 rings (SSSR count). The van der Waals surface area contributed by atoms with E-state index in [9.17, 15) is 4.79 Å². The number of carbonyl (C=O) groups excluding carboxylic acids is 1. The first-order chi connectivity index (χ1) is 10.2. The number of aromatic nitrogens is 1. The van der Waals surface area contributed by atoms with Crippen LogP contribution in [-0.2, 0) is 0 Å². The van der Waals surface area contributed by atoms with Crippen LogP contribution in [0.2, 0.25) is 0 Å². The predicted octanol–water partition coefficient (Wildman–Crippen LogP) is 4.31. The highest BCUT2D eigenvalue weighted by molar-refractivity contribution is 6.03. The number of anilines is 1. The first-order valence-electron chi connectivity index (χ1n) is 6.89.